The Balaban J connectivity index is 2.98. The fraction of sp³-hybridized carbons (Fsp3) is 0.500. The number of amides is 1. The monoisotopic (exact) mass is 265 g/mol. The summed E-state index contributed by atoms with van der Waals surface area (Å²) in [5.41, 5.74) is 6.11. The van der Waals surface area contributed by atoms with Crippen molar-refractivity contribution in [1.29, 1.82) is 0 Å². The highest BCUT2D eigenvalue weighted by Crippen LogP contribution is 2.26. The molecule has 0 fully saturated rings. The Morgan fingerprint density at radius 2 is 2.05 bits per heavy atom. The SMILES string of the molecule is CCN(C(=O)c1cccc(N)c1O)C(C)CN(C)C. The minimum atomic E-state index is -0.193. The van der Waals surface area contributed by atoms with Gasteiger partial charge in [-0.1, -0.05) is 6.07 Å². The number of nitrogens with two attached hydrogens (primary N) is 1. The average Bonchev–Trinajstić information content (AvgIpc) is 2.32. The molecule has 0 bridgehead atoms. The molecule has 0 aromatic heterocycles. The van der Waals surface area contributed by atoms with Gasteiger partial charge in [-0.3, -0.25) is 4.79 Å². The predicted octanol–water partition coefficient (Wildman–Crippen LogP) is 1.39. The van der Waals surface area contributed by atoms with Crippen LogP contribution in [0.3, 0.4) is 0 Å². The lowest BCUT2D eigenvalue weighted by Gasteiger charge is -2.30. The number of likely N-dealkylation sites (N-methyl/N-ethyl adjacent to an activating group) is 2. The van der Waals surface area contributed by atoms with Gasteiger partial charge in [0, 0.05) is 19.1 Å². The zero-order valence-electron chi connectivity index (χ0n) is 12.1. The number of benzene rings is 1. The quantitative estimate of drug-likeness (QED) is 0.623. The highest BCUT2D eigenvalue weighted by molar-refractivity contribution is 5.98. The molecule has 0 saturated carbocycles. The third kappa shape index (κ3) is 3.61. The van der Waals surface area contributed by atoms with Gasteiger partial charge in [-0.25, -0.2) is 0 Å². The highest BCUT2D eigenvalue weighted by atomic mass is 16.3. The zero-order chi connectivity index (χ0) is 14.6. The van der Waals surface area contributed by atoms with Gasteiger partial charge in [0.05, 0.1) is 11.3 Å². The minimum absolute atomic E-state index is 0.0633. The maximum Gasteiger partial charge on any atom is 0.257 e. The van der Waals surface area contributed by atoms with E-state index in [1.807, 2.05) is 32.8 Å². The van der Waals surface area contributed by atoms with Gasteiger partial charge in [0.25, 0.3) is 5.91 Å². The Kier molecular flexibility index (Phi) is 5.18. The van der Waals surface area contributed by atoms with E-state index in [4.69, 9.17) is 5.73 Å². The summed E-state index contributed by atoms with van der Waals surface area (Å²) in [5, 5.41) is 9.89. The number of rotatable bonds is 5. The van der Waals surface area contributed by atoms with Gasteiger partial charge in [0.1, 0.15) is 0 Å². The Labute approximate surface area is 114 Å². The smallest absolute Gasteiger partial charge is 0.257 e. The molecule has 5 heteroatoms. The molecular formula is C14H23N3O2. The fourth-order valence-corrected chi connectivity index (χ4v) is 2.17. The van der Waals surface area contributed by atoms with E-state index >= 15 is 0 Å². The first-order chi connectivity index (χ1) is 8.88. The van der Waals surface area contributed by atoms with Crippen LogP contribution < -0.4 is 5.73 Å². The van der Waals surface area contributed by atoms with E-state index in [-0.39, 0.29) is 28.9 Å². The summed E-state index contributed by atoms with van der Waals surface area (Å²) in [6.07, 6.45) is 0. The normalized spacial score (nSPS) is 12.5. The van der Waals surface area contributed by atoms with Gasteiger partial charge in [-0.2, -0.15) is 0 Å². The van der Waals surface area contributed by atoms with Crippen molar-refractivity contribution in [2.75, 3.05) is 32.9 Å². The molecule has 0 radical (unpaired) electrons. The van der Waals surface area contributed by atoms with Crippen LogP contribution in [0, 0.1) is 0 Å². The molecule has 1 rings (SSSR count). The standard InChI is InChI=1S/C14H23N3O2/c1-5-17(10(2)9-16(3)4)14(19)11-7-6-8-12(15)13(11)18/h6-8,10,18H,5,9,15H2,1-4H3. The number of phenolic OH excluding ortho intramolecular Hbond substituents is 1. The molecule has 0 aliphatic rings. The second kappa shape index (κ2) is 6.43. The lowest BCUT2D eigenvalue weighted by Crippen LogP contribution is -2.43. The third-order valence-electron chi connectivity index (χ3n) is 3.06. The topological polar surface area (TPSA) is 69.8 Å². The molecule has 1 aromatic rings. The Morgan fingerprint density at radius 1 is 1.42 bits per heavy atom. The van der Waals surface area contributed by atoms with Gasteiger partial charge >= 0.3 is 0 Å². The van der Waals surface area contributed by atoms with Gasteiger partial charge in [-0.15, -0.1) is 0 Å². The Morgan fingerprint density at radius 3 is 2.58 bits per heavy atom. The van der Waals surface area contributed by atoms with Crippen LogP contribution in [0.5, 0.6) is 5.75 Å². The molecule has 0 heterocycles. The molecule has 106 valence electrons. The number of hydrogen-bond donors (Lipinski definition) is 2. The number of hydrogen-bond acceptors (Lipinski definition) is 4. The predicted molar refractivity (Wildman–Crippen MR) is 77.2 cm³/mol. The molecular weight excluding hydrogens is 242 g/mol. The number of carbonyl (C=O) groups is 1. The number of aromatic hydroxyl groups is 1. The molecule has 1 atom stereocenters. The second-order valence-electron chi connectivity index (χ2n) is 4.95. The van der Waals surface area contributed by atoms with E-state index in [1.54, 1.807) is 23.1 Å². The van der Waals surface area contributed by atoms with Crippen LogP contribution in [0.2, 0.25) is 0 Å². The van der Waals surface area contributed by atoms with Crippen molar-refractivity contribution in [3.8, 4) is 5.75 Å². The summed E-state index contributed by atoms with van der Waals surface area (Å²) >= 11 is 0. The molecule has 0 saturated heterocycles. The number of nitrogens with zero attached hydrogens (tertiary/aromatic N) is 2. The van der Waals surface area contributed by atoms with Crippen LogP contribution in [0.4, 0.5) is 5.69 Å². The van der Waals surface area contributed by atoms with Crippen LogP contribution in [-0.2, 0) is 0 Å². The maximum atomic E-state index is 12.5. The van der Waals surface area contributed by atoms with E-state index in [1.165, 1.54) is 0 Å². The van der Waals surface area contributed by atoms with Crippen LogP contribution >= 0.6 is 0 Å². The summed E-state index contributed by atoms with van der Waals surface area (Å²) < 4.78 is 0. The van der Waals surface area contributed by atoms with Crippen LogP contribution in [0.1, 0.15) is 24.2 Å². The summed E-state index contributed by atoms with van der Waals surface area (Å²) in [6, 6.07) is 4.91. The van der Waals surface area contributed by atoms with Crippen molar-refractivity contribution < 1.29 is 9.90 Å². The average molecular weight is 265 g/mol. The first-order valence-electron chi connectivity index (χ1n) is 6.41. The zero-order valence-corrected chi connectivity index (χ0v) is 12.1. The van der Waals surface area contributed by atoms with E-state index in [9.17, 15) is 9.90 Å². The summed E-state index contributed by atoms with van der Waals surface area (Å²) in [5.74, 6) is -0.329. The van der Waals surface area contributed by atoms with E-state index in [0.29, 0.717) is 6.54 Å². The Hall–Kier alpha value is -1.75. The third-order valence-corrected chi connectivity index (χ3v) is 3.06. The Bertz CT molecular complexity index is 446. The van der Waals surface area contributed by atoms with Gasteiger partial charge in [-0.05, 0) is 40.1 Å². The highest BCUT2D eigenvalue weighted by Gasteiger charge is 2.23. The van der Waals surface area contributed by atoms with E-state index < -0.39 is 0 Å². The molecule has 1 unspecified atom stereocenters. The van der Waals surface area contributed by atoms with Crippen LogP contribution in [-0.4, -0.2) is 54.0 Å². The number of phenols is 1. The lowest BCUT2D eigenvalue weighted by molar-refractivity contribution is 0.0676. The number of para-hydroxylation sites is 1. The molecule has 5 nitrogen and oxygen atoms in total. The fourth-order valence-electron chi connectivity index (χ4n) is 2.17. The molecule has 0 spiro atoms. The number of carbonyl (C=O) groups excluding carboxylic acids is 1. The maximum absolute atomic E-state index is 12.5. The van der Waals surface area contributed by atoms with Crippen molar-refractivity contribution in [2.45, 2.75) is 19.9 Å². The second-order valence-corrected chi connectivity index (χ2v) is 4.95. The summed E-state index contributed by atoms with van der Waals surface area (Å²) in [6.45, 7) is 5.27. The molecule has 3 N–H and O–H groups in total. The van der Waals surface area contributed by atoms with Crippen molar-refractivity contribution in [3.05, 3.63) is 23.8 Å². The van der Waals surface area contributed by atoms with Crippen LogP contribution in [0.25, 0.3) is 0 Å². The van der Waals surface area contributed by atoms with Gasteiger partial charge < -0.3 is 20.6 Å². The molecule has 0 aliphatic heterocycles. The van der Waals surface area contributed by atoms with Gasteiger partial charge in [0.15, 0.2) is 5.75 Å². The summed E-state index contributed by atoms with van der Waals surface area (Å²) in [7, 11) is 3.93. The number of nitrogen functional groups attached to an aromatic ring is 1. The first-order valence-corrected chi connectivity index (χ1v) is 6.41. The van der Waals surface area contributed by atoms with E-state index in [2.05, 4.69) is 0 Å². The van der Waals surface area contributed by atoms with Crippen molar-refractivity contribution >= 4 is 11.6 Å². The molecule has 1 aromatic carbocycles. The molecule has 19 heavy (non-hydrogen) atoms. The minimum Gasteiger partial charge on any atom is -0.505 e. The van der Waals surface area contributed by atoms with E-state index in [0.717, 1.165) is 6.54 Å². The lowest BCUT2D eigenvalue weighted by atomic mass is 10.1. The van der Waals surface area contributed by atoms with Crippen molar-refractivity contribution in [1.82, 2.24) is 9.80 Å². The largest absolute Gasteiger partial charge is 0.505 e. The summed E-state index contributed by atoms with van der Waals surface area (Å²) in [4.78, 5) is 16.2. The van der Waals surface area contributed by atoms with Gasteiger partial charge in [0.2, 0.25) is 0 Å². The van der Waals surface area contributed by atoms with Crippen molar-refractivity contribution in [3.63, 3.8) is 0 Å². The number of anilines is 1. The molecule has 0 aliphatic carbocycles. The molecule has 1 amide bonds. The van der Waals surface area contributed by atoms with Crippen molar-refractivity contribution in [2.24, 2.45) is 0 Å². The first kappa shape index (κ1) is 15.3. The van der Waals surface area contributed by atoms with Crippen LogP contribution in [0.15, 0.2) is 18.2 Å².